The normalized spacial score (nSPS) is 18.1. The summed E-state index contributed by atoms with van der Waals surface area (Å²) in [6, 6.07) is 13.7. The van der Waals surface area contributed by atoms with Crippen LogP contribution in [0.25, 0.3) is 27.7 Å². The van der Waals surface area contributed by atoms with Gasteiger partial charge in [-0.3, -0.25) is 9.59 Å². The standard InChI is InChI=1S/C32H38N4O5S/c1-21-24-11-7-8-12-25(24)30-29(22-9-5-4-6-10-22)26-14-13-23(31(37)33-42(39,40)34(2)3)19-28(26)36(30)20-27(21)32(38)35-15-17-41-18-16-35/h7-8,11-14,19,22H,4-6,9-10,15-18,20H2,1-3H3,(H,33,37). The number of amides is 2. The molecule has 3 aliphatic rings. The van der Waals surface area contributed by atoms with Gasteiger partial charge in [-0.2, -0.15) is 12.7 Å². The largest absolute Gasteiger partial charge is 0.378 e. The van der Waals surface area contributed by atoms with Gasteiger partial charge in [0.1, 0.15) is 0 Å². The van der Waals surface area contributed by atoms with Gasteiger partial charge in [0.05, 0.1) is 25.5 Å². The summed E-state index contributed by atoms with van der Waals surface area (Å²) in [7, 11) is -1.20. The van der Waals surface area contributed by atoms with Gasteiger partial charge in [0.2, 0.25) is 0 Å². The summed E-state index contributed by atoms with van der Waals surface area (Å²) >= 11 is 0. The van der Waals surface area contributed by atoms with Gasteiger partial charge in [-0.15, -0.1) is 0 Å². The second-order valence-electron chi connectivity index (χ2n) is 11.7. The van der Waals surface area contributed by atoms with E-state index in [1.54, 1.807) is 12.1 Å². The van der Waals surface area contributed by atoms with E-state index in [-0.39, 0.29) is 11.5 Å². The SMILES string of the molecule is CC1=C(C(=O)N2CCOCC2)Cn2c(c(C3CCCCC3)c3ccc(C(=O)NS(=O)(=O)N(C)C)cc32)-c2ccccc21. The number of nitrogens with one attached hydrogen (secondary N) is 1. The third-order valence-electron chi connectivity index (χ3n) is 8.99. The highest BCUT2D eigenvalue weighted by molar-refractivity contribution is 7.87. The number of nitrogens with zero attached hydrogens (tertiary/aromatic N) is 3. The highest BCUT2D eigenvalue weighted by atomic mass is 32.2. The molecule has 42 heavy (non-hydrogen) atoms. The van der Waals surface area contributed by atoms with E-state index in [4.69, 9.17) is 4.74 Å². The molecule has 222 valence electrons. The first-order chi connectivity index (χ1) is 20.2. The van der Waals surface area contributed by atoms with Crippen molar-refractivity contribution in [2.24, 2.45) is 0 Å². The lowest BCUT2D eigenvalue weighted by molar-refractivity contribution is -0.131. The molecule has 2 amide bonds. The molecule has 3 aromatic rings. The average Bonchev–Trinajstić information content (AvgIpc) is 3.26. The fourth-order valence-corrected chi connectivity index (χ4v) is 7.22. The van der Waals surface area contributed by atoms with Crippen LogP contribution in [0.1, 0.15) is 66.4 Å². The highest BCUT2D eigenvalue weighted by Crippen LogP contribution is 2.47. The van der Waals surface area contributed by atoms with Crippen LogP contribution in [0.15, 0.2) is 48.0 Å². The van der Waals surface area contributed by atoms with Gasteiger partial charge in [-0.05, 0) is 54.5 Å². The minimum absolute atomic E-state index is 0.00509. The Hall–Kier alpha value is -3.47. The molecule has 2 aromatic carbocycles. The van der Waals surface area contributed by atoms with Crippen molar-refractivity contribution < 1.29 is 22.7 Å². The fraction of sp³-hybridized carbons (Fsp3) is 0.438. The first-order valence-electron chi connectivity index (χ1n) is 14.7. The van der Waals surface area contributed by atoms with E-state index >= 15 is 0 Å². The van der Waals surface area contributed by atoms with Crippen LogP contribution in [0.2, 0.25) is 0 Å². The van der Waals surface area contributed by atoms with Gasteiger partial charge >= 0.3 is 10.2 Å². The van der Waals surface area contributed by atoms with E-state index in [9.17, 15) is 18.0 Å². The van der Waals surface area contributed by atoms with Crippen molar-refractivity contribution in [3.8, 4) is 11.3 Å². The summed E-state index contributed by atoms with van der Waals surface area (Å²) in [6.07, 6.45) is 5.73. The molecule has 1 aromatic heterocycles. The summed E-state index contributed by atoms with van der Waals surface area (Å²) in [5.41, 5.74) is 7.24. The molecule has 0 radical (unpaired) electrons. The van der Waals surface area contributed by atoms with Crippen LogP contribution < -0.4 is 4.72 Å². The van der Waals surface area contributed by atoms with Crippen LogP contribution >= 0.6 is 0 Å². The van der Waals surface area contributed by atoms with Gasteiger partial charge < -0.3 is 14.2 Å². The number of ether oxygens (including phenoxy) is 1. The van der Waals surface area contributed by atoms with Crippen molar-refractivity contribution >= 4 is 38.5 Å². The molecule has 1 saturated heterocycles. The average molecular weight is 591 g/mol. The first-order valence-corrected chi connectivity index (χ1v) is 16.2. The molecular weight excluding hydrogens is 552 g/mol. The molecule has 6 rings (SSSR count). The van der Waals surface area contributed by atoms with Crippen molar-refractivity contribution in [1.29, 1.82) is 0 Å². The monoisotopic (exact) mass is 590 g/mol. The number of morpholine rings is 1. The number of rotatable bonds is 5. The molecule has 0 unspecified atom stereocenters. The Kier molecular flexibility index (Phi) is 7.72. The molecule has 9 nitrogen and oxygen atoms in total. The molecule has 2 aliphatic heterocycles. The van der Waals surface area contributed by atoms with Crippen LogP contribution in [0.5, 0.6) is 0 Å². The minimum Gasteiger partial charge on any atom is -0.378 e. The predicted octanol–water partition coefficient (Wildman–Crippen LogP) is 4.54. The Morgan fingerprint density at radius 3 is 2.36 bits per heavy atom. The van der Waals surface area contributed by atoms with Gasteiger partial charge in [0.25, 0.3) is 11.8 Å². The van der Waals surface area contributed by atoms with Gasteiger partial charge in [0.15, 0.2) is 0 Å². The van der Waals surface area contributed by atoms with Crippen molar-refractivity contribution in [3.05, 3.63) is 64.7 Å². The number of fused-ring (bicyclic) bond motifs is 5. The van der Waals surface area contributed by atoms with E-state index < -0.39 is 16.1 Å². The molecule has 0 spiro atoms. The maximum Gasteiger partial charge on any atom is 0.303 e. The molecule has 1 saturated carbocycles. The number of carbonyl (C=O) groups is 2. The molecule has 0 bridgehead atoms. The maximum atomic E-state index is 14.0. The van der Waals surface area contributed by atoms with Crippen LogP contribution in [-0.2, 0) is 26.3 Å². The molecule has 10 heteroatoms. The lowest BCUT2D eigenvalue weighted by atomic mass is 9.81. The quantitative estimate of drug-likeness (QED) is 0.470. The number of allylic oxidation sites excluding steroid dienone is 1. The third kappa shape index (κ3) is 5.05. The number of aromatic nitrogens is 1. The van der Waals surface area contributed by atoms with E-state index in [1.807, 2.05) is 30.0 Å². The molecule has 0 atom stereocenters. The second kappa shape index (κ2) is 11.3. The Morgan fingerprint density at radius 1 is 0.976 bits per heavy atom. The van der Waals surface area contributed by atoms with Crippen molar-refractivity contribution in [2.45, 2.75) is 51.5 Å². The third-order valence-corrected chi connectivity index (χ3v) is 10.4. The summed E-state index contributed by atoms with van der Waals surface area (Å²) < 4.78 is 35.7. The van der Waals surface area contributed by atoms with Gasteiger partial charge in [0, 0.05) is 54.8 Å². The van der Waals surface area contributed by atoms with E-state index in [0.29, 0.717) is 38.8 Å². The van der Waals surface area contributed by atoms with Crippen molar-refractivity contribution in [2.75, 3.05) is 40.4 Å². The molecular formula is C32H38N4O5S. The zero-order chi connectivity index (χ0) is 29.6. The van der Waals surface area contributed by atoms with Gasteiger partial charge in [-0.1, -0.05) is 49.6 Å². The molecule has 1 N–H and O–H groups in total. The Bertz CT molecular complexity index is 1690. The number of carbonyl (C=O) groups excluding carboxylic acids is 2. The Morgan fingerprint density at radius 2 is 1.67 bits per heavy atom. The van der Waals surface area contributed by atoms with Crippen LogP contribution in [0, 0.1) is 0 Å². The Balaban J connectivity index is 1.57. The van der Waals surface area contributed by atoms with E-state index in [0.717, 1.165) is 56.0 Å². The lowest BCUT2D eigenvalue weighted by Gasteiger charge is -2.28. The zero-order valence-corrected chi connectivity index (χ0v) is 25.3. The van der Waals surface area contributed by atoms with E-state index in [1.165, 1.54) is 38.9 Å². The van der Waals surface area contributed by atoms with E-state index in [2.05, 4.69) is 21.4 Å². The van der Waals surface area contributed by atoms with Crippen LogP contribution in [-0.4, -0.2) is 74.4 Å². The summed E-state index contributed by atoms with van der Waals surface area (Å²) in [6.45, 7) is 4.53. The Labute approximate surface area is 247 Å². The maximum absolute atomic E-state index is 14.0. The molecule has 3 heterocycles. The summed E-state index contributed by atoms with van der Waals surface area (Å²) in [5.74, 6) is -0.327. The molecule has 2 fully saturated rings. The number of hydrogen-bond acceptors (Lipinski definition) is 5. The minimum atomic E-state index is -3.95. The fourth-order valence-electron chi connectivity index (χ4n) is 6.69. The van der Waals surface area contributed by atoms with Crippen LogP contribution in [0.4, 0.5) is 0 Å². The predicted molar refractivity (Wildman–Crippen MR) is 163 cm³/mol. The summed E-state index contributed by atoms with van der Waals surface area (Å²) in [4.78, 5) is 29.1. The molecule has 1 aliphatic carbocycles. The first kappa shape index (κ1) is 28.6. The highest BCUT2D eigenvalue weighted by Gasteiger charge is 2.33. The van der Waals surface area contributed by atoms with Crippen molar-refractivity contribution in [1.82, 2.24) is 18.5 Å². The van der Waals surface area contributed by atoms with Crippen LogP contribution in [0.3, 0.4) is 0 Å². The lowest BCUT2D eigenvalue weighted by Crippen LogP contribution is -2.42. The summed E-state index contributed by atoms with van der Waals surface area (Å²) in [5, 5.41) is 1.05. The topological polar surface area (TPSA) is 101 Å². The number of benzene rings is 2. The zero-order valence-electron chi connectivity index (χ0n) is 24.5. The number of hydrogen-bond donors (Lipinski definition) is 1. The smallest absolute Gasteiger partial charge is 0.303 e. The van der Waals surface area contributed by atoms with Crippen molar-refractivity contribution in [3.63, 3.8) is 0 Å². The van der Waals surface area contributed by atoms with Gasteiger partial charge in [-0.25, -0.2) is 4.72 Å². The second-order valence-corrected chi connectivity index (χ2v) is 13.6.